The van der Waals surface area contributed by atoms with Crippen molar-refractivity contribution in [3.8, 4) is 5.69 Å². The molecule has 0 bridgehead atoms. The van der Waals surface area contributed by atoms with E-state index in [1.54, 1.807) is 23.0 Å². The summed E-state index contributed by atoms with van der Waals surface area (Å²) in [5, 5.41) is 16.1. The highest BCUT2D eigenvalue weighted by Crippen LogP contribution is 2.33. The summed E-state index contributed by atoms with van der Waals surface area (Å²) in [6.45, 7) is 0. The highest BCUT2D eigenvalue weighted by molar-refractivity contribution is 6.42. The molecule has 0 spiro atoms. The van der Waals surface area contributed by atoms with Crippen LogP contribution in [0.15, 0.2) is 30.5 Å². The Morgan fingerprint density at radius 2 is 2.10 bits per heavy atom. The Morgan fingerprint density at radius 3 is 2.81 bits per heavy atom. The van der Waals surface area contributed by atoms with Gasteiger partial charge in [-0.25, -0.2) is 4.68 Å². The quantitative estimate of drug-likeness (QED) is 0.799. The van der Waals surface area contributed by atoms with E-state index in [0.717, 1.165) is 41.4 Å². The number of carbonyl (C=O) groups excluding carboxylic acids is 1. The molecular formula is C15H11Cl2N2O2-. The third-order valence-electron chi connectivity index (χ3n) is 3.51. The fourth-order valence-corrected chi connectivity index (χ4v) is 2.89. The average molecular weight is 322 g/mol. The lowest BCUT2D eigenvalue weighted by atomic mass is 9.92. The minimum Gasteiger partial charge on any atom is -0.545 e. The van der Waals surface area contributed by atoms with Crippen LogP contribution in [-0.2, 0) is 11.2 Å². The maximum Gasteiger partial charge on any atom is 0.0664 e. The number of rotatable bonds is 2. The van der Waals surface area contributed by atoms with E-state index in [1.807, 2.05) is 6.07 Å². The van der Waals surface area contributed by atoms with E-state index in [2.05, 4.69) is 5.10 Å². The second-order valence-electron chi connectivity index (χ2n) is 4.86. The molecule has 0 atom stereocenters. The number of hydrogen-bond donors (Lipinski definition) is 0. The minimum absolute atomic E-state index is 0.458. The predicted octanol–water partition coefficient (Wildman–Crippen LogP) is 2.65. The Kier molecular flexibility index (Phi) is 3.74. The van der Waals surface area contributed by atoms with Crippen LogP contribution < -0.4 is 5.11 Å². The van der Waals surface area contributed by atoms with Crippen molar-refractivity contribution < 1.29 is 9.90 Å². The molecule has 1 aromatic carbocycles. The zero-order valence-electron chi connectivity index (χ0n) is 11.0. The summed E-state index contributed by atoms with van der Waals surface area (Å²) in [7, 11) is 0. The van der Waals surface area contributed by atoms with Gasteiger partial charge in [0.05, 0.1) is 33.6 Å². The van der Waals surface area contributed by atoms with Gasteiger partial charge in [0.15, 0.2) is 0 Å². The van der Waals surface area contributed by atoms with Crippen molar-refractivity contribution in [2.24, 2.45) is 0 Å². The van der Waals surface area contributed by atoms with Gasteiger partial charge in [-0.05, 0) is 49.1 Å². The molecule has 1 aliphatic rings. The molecule has 3 rings (SSSR count). The van der Waals surface area contributed by atoms with E-state index in [4.69, 9.17) is 23.2 Å². The number of hydrogen-bond acceptors (Lipinski definition) is 3. The van der Waals surface area contributed by atoms with Crippen molar-refractivity contribution in [1.82, 2.24) is 9.78 Å². The maximum atomic E-state index is 10.8. The molecule has 0 saturated carbocycles. The summed E-state index contributed by atoms with van der Waals surface area (Å²) in [6.07, 6.45) is 5.26. The third-order valence-corrected chi connectivity index (χ3v) is 4.25. The van der Waals surface area contributed by atoms with E-state index in [1.165, 1.54) is 0 Å². The van der Waals surface area contributed by atoms with Gasteiger partial charge in [0.25, 0.3) is 0 Å². The summed E-state index contributed by atoms with van der Waals surface area (Å²) < 4.78 is 1.78. The summed E-state index contributed by atoms with van der Waals surface area (Å²) in [4.78, 5) is 10.8. The molecule has 0 amide bonds. The van der Waals surface area contributed by atoms with Crippen molar-refractivity contribution in [2.45, 2.75) is 19.3 Å². The number of carbonyl (C=O) groups is 1. The van der Waals surface area contributed by atoms with Crippen molar-refractivity contribution in [2.75, 3.05) is 0 Å². The van der Waals surface area contributed by atoms with Gasteiger partial charge in [0.1, 0.15) is 0 Å². The number of carboxylic acids is 1. The van der Waals surface area contributed by atoms with Crippen molar-refractivity contribution in [3.63, 3.8) is 0 Å². The molecule has 21 heavy (non-hydrogen) atoms. The number of carboxylic acid groups (broad SMARTS) is 1. The van der Waals surface area contributed by atoms with Crippen LogP contribution in [0.3, 0.4) is 0 Å². The van der Waals surface area contributed by atoms with E-state index < -0.39 is 5.97 Å². The van der Waals surface area contributed by atoms with Gasteiger partial charge in [-0.1, -0.05) is 23.2 Å². The Hall–Kier alpha value is -1.78. The minimum atomic E-state index is -1.18. The fourth-order valence-electron chi connectivity index (χ4n) is 2.60. The molecule has 0 N–H and O–H groups in total. The zero-order chi connectivity index (χ0) is 15.0. The topological polar surface area (TPSA) is 57.9 Å². The molecule has 1 heterocycles. The third kappa shape index (κ3) is 2.69. The number of benzene rings is 1. The molecule has 0 fully saturated rings. The molecular weight excluding hydrogens is 311 g/mol. The van der Waals surface area contributed by atoms with E-state index in [-0.39, 0.29) is 0 Å². The second kappa shape index (κ2) is 5.54. The standard InChI is InChI=1S/C15H12Cl2N2O2/c16-12-5-4-10(7-13(12)17)19-14-3-1-2-9(6-15(20)21)11(14)8-18-19/h4-8H,1-3H2,(H,20,21)/p-1/b9-6+. The second-order valence-corrected chi connectivity index (χ2v) is 5.67. The fraction of sp³-hybridized carbons (Fsp3) is 0.200. The molecule has 108 valence electrons. The normalized spacial score (nSPS) is 16.0. The summed E-state index contributed by atoms with van der Waals surface area (Å²) in [5.41, 5.74) is 3.39. The number of nitrogens with zero attached hydrogens (tertiary/aromatic N) is 2. The maximum absolute atomic E-state index is 10.8. The molecule has 4 nitrogen and oxygen atoms in total. The van der Waals surface area contributed by atoms with Gasteiger partial charge in [-0.2, -0.15) is 5.10 Å². The first-order valence-electron chi connectivity index (χ1n) is 6.50. The van der Waals surface area contributed by atoms with Gasteiger partial charge in [-0.15, -0.1) is 0 Å². The van der Waals surface area contributed by atoms with Gasteiger partial charge in [0, 0.05) is 5.56 Å². The molecule has 1 aliphatic carbocycles. The zero-order valence-corrected chi connectivity index (χ0v) is 12.5. The van der Waals surface area contributed by atoms with Gasteiger partial charge < -0.3 is 9.90 Å². The van der Waals surface area contributed by atoms with E-state index >= 15 is 0 Å². The Morgan fingerprint density at radius 1 is 1.29 bits per heavy atom. The number of aliphatic carboxylic acids is 1. The van der Waals surface area contributed by atoms with Crippen LogP contribution in [0.2, 0.25) is 10.0 Å². The molecule has 0 radical (unpaired) electrons. The van der Waals surface area contributed by atoms with E-state index in [9.17, 15) is 9.90 Å². The first kappa shape index (κ1) is 14.2. The van der Waals surface area contributed by atoms with Crippen molar-refractivity contribution in [1.29, 1.82) is 0 Å². The largest absolute Gasteiger partial charge is 0.545 e. The van der Waals surface area contributed by atoms with Crippen molar-refractivity contribution >= 4 is 34.7 Å². The Bertz CT molecular complexity index is 750. The highest BCUT2D eigenvalue weighted by atomic mass is 35.5. The lowest BCUT2D eigenvalue weighted by molar-refractivity contribution is -0.297. The summed E-state index contributed by atoms with van der Waals surface area (Å²) >= 11 is 12.0. The lowest BCUT2D eigenvalue weighted by Crippen LogP contribution is -2.20. The average Bonchev–Trinajstić information content (AvgIpc) is 2.86. The number of aromatic nitrogens is 2. The SMILES string of the molecule is O=C([O-])/C=C1\CCCc2c1cnn2-c1ccc(Cl)c(Cl)c1. The van der Waals surface area contributed by atoms with Crippen LogP contribution in [0.5, 0.6) is 0 Å². The van der Waals surface area contributed by atoms with Crippen LogP contribution in [0.25, 0.3) is 11.3 Å². The molecule has 6 heteroatoms. The monoisotopic (exact) mass is 321 g/mol. The molecule has 1 aromatic heterocycles. The molecule has 2 aromatic rings. The van der Waals surface area contributed by atoms with E-state index in [0.29, 0.717) is 16.5 Å². The van der Waals surface area contributed by atoms with Crippen molar-refractivity contribution in [3.05, 3.63) is 51.8 Å². The van der Waals surface area contributed by atoms with Crippen LogP contribution in [0.4, 0.5) is 0 Å². The number of fused-ring (bicyclic) bond motifs is 1. The number of allylic oxidation sites excluding steroid dienone is 1. The van der Waals surface area contributed by atoms with Gasteiger partial charge >= 0.3 is 0 Å². The van der Waals surface area contributed by atoms with Crippen LogP contribution in [-0.4, -0.2) is 15.7 Å². The first-order valence-corrected chi connectivity index (χ1v) is 7.26. The highest BCUT2D eigenvalue weighted by Gasteiger charge is 2.20. The predicted molar refractivity (Wildman–Crippen MR) is 79.5 cm³/mol. The first-order chi connectivity index (χ1) is 10.1. The summed E-state index contributed by atoms with van der Waals surface area (Å²) in [5.74, 6) is -1.18. The smallest absolute Gasteiger partial charge is 0.0664 e. The van der Waals surface area contributed by atoms with Gasteiger partial charge in [-0.3, -0.25) is 0 Å². The molecule has 0 saturated heterocycles. The Balaban J connectivity index is 2.09. The lowest BCUT2D eigenvalue weighted by Gasteiger charge is -2.17. The number of halogens is 2. The Labute approximate surface area is 131 Å². The summed E-state index contributed by atoms with van der Waals surface area (Å²) in [6, 6.07) is 5.29. The molecule has 0 unspecified atom stereocenters. The van der Waals surface area contributed by atoms with Crippen LogP contribution >= 0.6 is 23.2 Å². The van der Waals surface area contributed by atoms with Crippen LogP contribution in [0, 0.1) is 0 Å². The van der Waals surface area contributed by atoms with Crippen LogP contribution in [0.1, 0.15) is 24.1 Å². The molecule has 0 aliphatic heterocycles. The van der Waals surface area contributed by atoms with Gasteiger partial charge in [0.2, 0.25) is 0 Å².